The second-order valence-electron chi connectivity index (χ2n) is 12.4. The van der Waals surface area contributed by atoms with Crippen LogP contribution in [0, 0.1) is 0 Å². The van der Waals surface area contributed by atoms with Gasteiger partial charge in [-0.1, -0.05) is 158 Å². The first kappa shape index (κ1) is 29.4. The van der Waals surface area contributed by atoms with Gasteiger partial charge in [-0.3, -0.25) is 4.98 Å². The molecule has 4 nitrogen and oxygen atoms in total. The predicted molar refractivity (Wildman–Crippen MR) is 205 cm³/mol. The molecular weight excluding hydrogens is 609 g/mol. The highest BCUT2D eigenvalue weighted by Gasteiger charge is 2.13. The number of hydrogen-bond donors (Lipinski definition) is 0. The van der Waals surface area contributed by atoms with E-state index in [0.29, 0.717) is 17.5 Å². The number of pyridine rings is 1. The minimum atomic E-state index is 0.646. The molecule has 2 aromatic heterocycles. The van der Waals surface area contributed by atoms with Gasteiger partial charge in [0.25, 0.3) is 0 Å². The number of aromatic nitrogens is 4. The van der Waals surface area contributed by atoms with Crippen LogP contribution in [0.1, 0.15) is 0 Å². The Balaban J connectivity index is 1.05. The van der Waals surface area contributed by atoms with Gasteiger partial charge in [0.05, 0.1) is 5.52 Å². The summed E-state index contributed by atoms with van der Waals surface area (Å²) in [5.74, 6) is 1.96. The molecule has 0 N–H and O–H groups in total. The molecule has 4 heteroatoms. The van der Waals surface area contributed by atoms with Crippen LogP contribution < -0.4 is 0 Å². The Morgan fingerprint density at radius 2 is 0.800 bits per heavy atom. The fourth-order valence-corrected chi connectivity index (χ4v) is 6.52. The van der Waals surface area contributed by atoms with Crippen molar-refractivity contribution in [3.63, 3.8) is 0 Å². The van der Waals surface area contributed by atoms with Crippen molar-refractivity contribution in [2.45, 2.75) is 0 Å². The maximum atomic E-state index is 4.91. The normalized spacial score (nSPS) is 11.2. The maximum Gasteiger partial charge on any atom is 0.164 e. The summed E-state index contributed by atoms with van der Waals surface area (Å²) in [5, 5.41) is 3.55. The molecule has 0 atom stereocenters. The Morgan fingerprint density at radius 1 is 0.300 bits per heavy atom. The van der Waals surface area contributed by atoms with Crippen molar-refractivity contribution < 1.29 is 0 Å². The van der Waals surface area contributed by atoms with E-state index in [-0.39, 0.29) is 0 Å². The highest BCUT2D eigenvalue weighted by molar-refractivity contribution is 5.99. The van der Waals surface area contributed by atoms with Crippen LogP contribution in [0.4, 0.5) is 0 Å². The summed E-state index contributed by atoms with van der Waals surface area (Å²) in [6.45, 7) is 0. The molecule has 7 aromatic carbocycles. The molecule has 9 aromatic rings. The first-order chi connectivity index (χ1) is 24.7. The quantitative estimate of drug-likeness (QED) is 0.182. The van der Waals surface area contributed by atoms with Gasteiger partial charge < -0.3 is 0 Å². The van der Waals surface area contributed by atoms with Crippen molar-refractivity contribution in [3.8, 4) is 67.5 Å². The number of nitrogens with zero attached hydrogens (tertiary/aromatic N) is 4. The lowest BCUT2D eigenvalue weighted by molar-refractivity contribution is 1.07. The van der Waals surface area contributed by atoms with Crippen LogP contribution in [0.5, 0.6) is 0 Å². The number of hydrogen-bond acceptors (Lipinski definition) is 4. The number of fused-ring (bicyclic) bond motifs is 2. The van der Waals surface area contributed by atoms with Gasteiger partial charge in [-0.05, 0) is 56.8 Å². The lowest BCUT2D eigenvalue weighted by atomic mass is 9.94. The fraction of sp³-hybridized carbons (Fsp3) is 0. The average Bonchev–Trinajstić information content (AvgIpc) is 3.21. The number of benzene rings is 7. The third-order valence-corrected chi connectivity index (χ3v) is 9.18. The van der Waals surface area contributed by atoms with Crippen LogP contribution in [-0.4, -0.2) is 19.9 Å². The molecule has 0 amide bonds. The molecule has 0 aliphatic carbocycles. The van der Waals surface area contributed by atoms with E-state index in [1.165, 1.54) is 27.5 Å². The zero-order chi connectivity index (χ0) is 33.3. The van der Waals surface area contributed by atoms with Gasteiger partial charge in [0.1, 0.15) is 0 Å². The summed E-state index contributed by atoms with van der Waals surface area (Å²) < 4.78 is 0. The Labute approximate surface area is 290 Å². The van der Waals surface area contributed by atoms with E-state index in [1.54, 1.807) is 0 Å². The van der Waals surface area contributed by atoms with E-state index < -0.39 is 0 Å². The summed E-state index contributed by atoms with van der Waals surface area (Å²) in [4.78, 5) is 19.3. The topological polar surface area (TPSA) is 51.6 Å². The molecule has 0 bridgehead atoms. The highest BCUT2D eigenvalue weighted by Crippen LogP contribution is 2.34. The first-order valence-electron chi connectivity index (χ1n) is 16.7. The van der Waals surface area contributed by atoms with Crippen LogP contribution in [-0.2, 0) is 0 Å². The monoisotopic (exact) mass is 638 g/mol. The van der Waals surface area contributed by atoms with Gasteiger partial charge >= 0.3 is 0 Å². The molecule has 0 spiro atoms. The van der Waals surface area contributed by atoms with Gasteiger partial charge in [-0.2, -0.15) is 0 Å². The van der Waals surface area contributed by atoms with Crippen LogP contribution in [0.15, 0.2) is 182 Å². The maximum absolute atomic E-state index is 4.91. The second kappa shape index (κ2) is 12.7. The molecule has 0 saturated carbocycles. The Kier molecular flexibility index (Phi) is 7.45. The molecule has 234 valence electrons. The van der Waals surface area contributed by atoms with E-state index in [0.717, 1.165) is 44.3 Å². The third kappa shape index (κ3) is 5.69. The molecule has 0 fully saturated rings. The van der Waals surface area contributed by atoms with E-state index in [1.807, 2.05) is 79.0 Å². The molecule has 9 rings (SSSR count). The van der Waals surface area contributed by atoms with Crippen molar-refractivity contribution in [1.29, 1.82) is 0 Å². The van der Waals surface area contributed by atoms with Gasteiger partial charge in [-0.15, -0.1) is 0 Å². The van der Waals surface area contributed by atoms with Gasteiger partial charge in [0, 0.05) is 33.8 Å². The van der Waals surface area contributed by atoms with Gasteiger partial charge in [0.2, 0.25) is 0 Å². The SMILES string of the molecule is c1ccc(-c2nc(-c3ccccc3)nc(-c3ccc(-c4cccc5ccc(-c6ccc(-c7cnc8ccccc8c7)cc6)cc45)cc3)n2)cc1. The van der Waals surface area contributed by atoms with Crippen molar-refractivity contribution in [3.05, 3.63) is 182 Å². The largest absolute Gasteiger partial charge is 0.256 e. The van der Waals surface area contributed by atoms with Crippen molar-refractivity contribution >= 4 is 21.7 Å². The summed E-state index contributed by atoms with van der Waals surface area (Å²) in [6.07, 6.45) is 1.95. The average molecular weight is 639 g/mol. The molecule has 0 aliphatic heterocycles. The van der Waals surface area contributed by atoms with Crippen LogP contribution in [0.25, 0.3) is 89.2 Å². The lowest BCUT2D eigenvalue weighted by Gasteiger charge is -2.12. The van der Waals surface area contributed by atoms with E-state index in [2.05, 4.69) is 108 Å². The zero-order valence-corrected chi connectivity index (χ0v) is 27.1. The third-order valence-electron chi connectivity index (χ3n) is 9.18. The van der Waals surface area contributed by atoms with Crippen molar-refractivity contribution in [1.82, 2.24) is 19.9 Å². The van der Waals surface area contributed by atoms with Crippen LogP contribution in [0.2, 0.25) is 0 Å². The predicted octanol–water partition coefficient (Wildman–Crippen LogP) is 11.6. The summed E-state index contributed by atoms with van der Waals surface area (Å²) >= 11 is 0. The smallest absolute Gasteiger partial charge is 0.164 e. The summed E-state index contributed by atoms with van der Waals surface area (Å²) in [5.41, 5.74) is 10.8. The molecule has 0 aliphatic rings. The molecule has 50 heavy (non-hydrogen) atoms. The zero-order valence-electron chi connectivity index (χ0n) is 27.1. The Morgan fingerprint density at radius 3 is 1.46 bits per heavy atom. The van der Waals surface area contributed by atoms with E-state index in [9.17, 15) is 0 Å². The van der Waals surface area contributed by atoms with Gasteiger partial charge in [-0.25, -0.2) is 15.0 Å². The number of rotatable bonds is 6. The molecular formula is C46H30N4. The van der Waals surface area contributed by atoms with E-state index in [4.69, 9.17) is 15.0 Å². The minimum Gasteiger partial charge on any atom is -0.256 e. The molecule has 0 unspecified atom stereocenters. The Bertz CT molecular complexity index is 2560. The molecule has 2 heterocycles. The fourth-order valence-electron chi connectivity index (χ4n) is 6.52. The van der Waals surface area contributed by atoms with Crippen molar-refractivity contribution in [2.75, 3.05) is 0 Å². The standard InChI is InChI=1S/C46H30N4/c1-3-10-35(11-4-1)44-48-45(36-12-5-2-6-13-36)50-46(49-44)37-25-22-34(23-26-37)41-16-9-15-33-24-27-38(29-42(33)41)31-18-20-32(21-19-31)40-28-39-14-7-8-17-43(39)47-30-40/h1-30H. The Hall–Kier alpha value is -6.78. The van der Waals surface area contributed by atoms with Crippen molar-refractivity contribution in [2.24, 2.45) is 0 Å². The molecule has 0 radical (unpaired) electrons. The summed E-state index contributed by atoms with van der Waals surface area (Å²) in [7, 11) is 0. The highest BCUT2D eigenvalue weighted by atomic mass is 15.0. The van der Waals surface area contributed by atoms with Crippen LogP contribution in [0.3, 0.4) is 0 Å². The summed E-state index contributed by atoms with van der Waals surface area (Å²) in [6, 6.07) is 61.1. The van der Waals surface area contributed by atoms with Crippen LogP contribution >= 0.6 is 0 Å². The minimum absolute atomic E-state index is 0.646. The molecule has 0 saturated heterocycles. The second-order valence-corrected chi connectivity index (χ2v) is 12.4. The van der Waals surface area contributed by atoms with E-state index >= 15 is 0 Å². The number of para-hydroxylation sites is 1. The lowest BCUT2D eigenvalue weighted by Crippen LogP contribution is -2.00. The first-order valence-corrected chi connectivity index (χ1v) is 16.7. The van der Waals surface area contributed by atoms with Gasteiger partial charge in [0.15, 0.2) is 17.5 Å².